The van der Waals surface area contributed by atoms with Crippen molar-refractivity contribution in [3.05, 3.63) is 33.9 Å². The molecule has 1 N–H and O–H groups in total. The van der Waals surface area contributed by atoms with Gasteiger partial charge in [-0.25, -0.2) is 9.50 Å². The zero-order valence-corrected chi connectivity index (χ0v) is 13.7. The fourth-order valence-corrected chi connectivity index (χ4v) is 3.76. The second-order valence-corrected chi connectivity index (χ2v) is 6.73. The quantitative estimate of drug-likeness (QED) is 0.790. The Hall–Kier alpha value is -2.64. The molecule has 0 saturated carbocycles. The first-order valence-corrected chi connectivity index (χ1v) is 8.07. The summed E-state index contributed by atoms with van der Waals surface area (Å²) in [6, 6.07) is 1.74. The summed E-state index contributed by atoms with van der Waals surface area (Å²) in [4.78, 5) is 45.1. The van der Waals surface area contributed by atoms with Crippen LogP contribution in [0.5, 0.6) is 0 Å². The summed E-state index contributed by atoms with van der Waals surface area (Å²) in [5.41, 5.74) is 0.913. The molecule has 2 atom stereocenters. The molecule has 0 spiro atoms. The number of likely N-dealkylation sites (tertiary alicyclic amines) is 2. The van der Waals surface area contributed by atoms with Crippen molar-refractivity contribution in [2.75, 3.05) is 26.7 Å². The number of hydrogen-bond donors (Lipinski definition) is 1. The van der Waals surface area contributed by atoms with Crippen molar-refractivity contribution < 1.29 is 9.59 Å². The third-order valence-corrected chi connectivity index (χ3v) is 5.11. The Morgan fingerprint density at radius 3 is 2.92 bits per heavy atom. The normalized spacial score (nSPS) is 23.8. The number of nitrogens with zero attached hydrogens (tertiary/aromatic N) is 4. The molecule has 2 fully saturated rings. The van der Waals surface area contributed by atoms with E-state index in [1.165, 1.54) is 10.7 Å². The minimum Gasteiger partial charge on any atom is -0.345 e. The average Bonchev–Trinajstić information content (AvgIpc) is 3.15. The number of amides is 2. The van der Waals surface area contributed by atoms with Gasteiger partial charge in [-0.15, -0.1) is 0 Å². The summed E-state index contributed by atoms with van der Waals surface area (Å²) in [5, 5.41) is 2.89. The first-order chi connectivity index (χ1) is 11.5. The molecule has 24 heavy (non-hydrogen) atoms. The fourth-order valence-electron chi connectivity index (χ4n) is 3.76. The van der Waals surface area contributed by atoms with E-state index in [2.05, 4.69) is 10.1 Å². The van der Waals surface area contributed by atoms with E-state index in [0.717, 1.165) is 18.7 Å². The SMILES string of the molecule is Cc1cc2ncc(C(=O)N3C[C@H]4CCN(C)C(=O)[C@H]4C3)c(=O)n2[nH]1. The van der Waals surface area contributed by atoms with Gasteiger partial charge in [0.05, 0.1) is 5.92 Å². The number of aromatic nitrogens is 3. The van der Waals surface area contributed by atoms with Crippen LogP contribution in [0.15, 0.2) is 17.1 Å². The number of carbonyl (C=O) groups is 2. The number of fused-ring (bicyclic) bond motifs is 2. The molecule has 0 radical (unpaired) electrons. The predicted molar refractivity (Wildman–Crippen MR) is 85.7 cm³/mol. The Balaban J connectivity index is 1.64. The summed E-state index contributed by atoms with van der Waals surface area (Å²) in [6.45, 7) is 3.44. The van der Waals surface area contributed by atoms with Gasteiger partial charge in [-0.05, 0) is 19.3 Å². The highest BCUT2D eigenvalue weighted by atomic mass is 16.2. The number of piperidine rings is 1. The number of nitrogens with one attached hydrogen (secondary N) is 1. The second kappa shape index (κ2) is 5.19. The van der Waals surface area contributed by atoms with Gasteiger partial charge in [0, 0.05) is 44.6 Å². The smallest absolute Gasteiger partial charge is 0.285 e. The Kier molecular flexibility index (Phi) is 3.22. The maximum Gasteiger partial charge on any atom is 0.285 e. The number of aryl methyl sites for hydroxylation is 1. The highest BCUT2D eigenvalue weighted by Gasteiger charge is 2.43. The number of hydrogen-bond acceptors (Lipinski definition) is 4. The summed E-state index contributed by atoms with van der Waals surface area (Å²) in [6.07, 6.45) is 2.23. The van der Waals surface area contributed by atoms with Gasteiger partial charge in [0.2, 0.25) is 5.91 Å². The molecule has 2 aliphatic rings. The van der Waals surface area contributed by atoms with E-state index in [1.807, 2.05) is 6.92 Å². The van der Waals surface area contributed by atoms with Gasteiger partial charge >= 0.3 is 0 Å². The van der Waals surface area contributed by atoms with E-state index in [-0.39, 0.29) is 29.2 Å². The molecular weight excluding hydrogens is 310 g/mol. The first kappa shape index (κ1) is 14.9. The lowest BCUT2D eigenvalue weighted by molar-refractivity contribution is -0.137. The molecule has 2 aromatic heterocycles. The van der Waals surface area contributed by atoms with E-state index in [9.17, 15) is 14.4 Å². The van der Waals surface area contributed by atoms with E-state index in [4.69, 9.17) is 0 Å². The lowest BCUT2D eigenvalue weighted by Gasteiger charge is -2.30. The lowest BCUT2D eigenvalue weighted by atomic mass is 9.88. The first-order valence-electron chi connectivity index (χ1n) is 8.07. The topological polar surface area (TPSA) is 90.8 Å². The van der Waals surface area contributed by atoms with Crippen LogP contribution < -0.4 is 5.56 Å². The summed E-state index contributed by atoms with van der Waals surface area (Å²) < 4.78 is 1.28. The van der Waals surface area contributed by atoms with Crippen LogP contribution in [0.2, 0.25) is 0 Å². The summed E-state index contributed by atoms with van der Waals surface area (Å²) in [7, 11) is 1.79. The van der Waals surface area contributed by atoms with Gasteiger partial charge < -0.3 is 9.80 Å². The molecule has 0 unspecified atom stereocenters. The molecule has 8 nitrogen and oxygen atoms in total. The Labute approximate surface area is 138 Å². The average molecular weight is 329 g/mol. The molecule has 0 bridgehead atoms. The number of H-pyrrole nitrogens is 1. The Bertz CT molecular complexity index is 899. The second-order valence-electron chi connectivity index (χ2n) is 6.73. The van der Waals surface area contributed by atoms with Crippen molar-refractivity contribution in [2.24, 2.45) is 11.8 Å². The summed E-state index contributed by atoms with van der Waals surface area (Å²) in [5.74, 6) is -0.226. The number of carbonyl (C=O) groups excluding carboxylic acids is 2. The van der Waals surface area contributed by atoms with Crippen LogP contribution >= 0.6 is 0 Å². The van der Waals surface area contributed by atoms with Crippen molar-refractivity contribution in [3.63, 3.8) is 0 Å². The molecule has 4 heterocycles. The zero-order valence-electron chi connectivity index (χ0n) is 13.7. The van der Waals surface area contributed by atoms with Gasteiger partial charge in [-0.1, -0.05) is 0 Å². The molecule has 4 rings (SSSR count). The number of rotatable bonds is 1. The standard InChI is InChI=1S/C16H19N5O3/c1-9-5-13-17-6-11(16(24)21(13)18-9)15(23)20-7-10-3-4-19(2)14(22)12(10)8-20/h5-6,10,12,18H,3-4,7-8H2,1-2H3/t10-,12+/m1/s1. The number of aromatic amines is 1. The molecule has 126 valence electrons. The molecule has 2 amide bonds. The fraction of sp³-hybridized carbons (Fsp3) is 0.500. The highest BCUT2D eigenvalue weighted by Crippen LogP contribution is 2.32. The van der Waals surface area contributed by atoms with Crippen LogP contribution in [0, 0.1) is 18.8 Å². The van der Waals surface area contributed by atoms with Crippen molar-refractivity contribution in [1.82, 2.24) is 24.4 Å². The van der Waals surface area contributed by atoms with E-state index in [1.54, 1.807) is 22.9 Å². The molecule has 2 aromatic rings. The van der Waals surface area contributed by atoms with Crippen molar-refractivity contribution in [2.45, 2.75) is 13.3 Å². The van der Waals surface area contributed by atoms with Crippen molar-refractivity contribution in [1.29, 1.82) is 0 Å². The molecule has 0 aliphatic carbocycles. The monoisotopic (exact) mass is 329 g/mol. The van der Waals surface area contributed by atoms with Crippen LogP contribution in [0.4, 0.5) is 0 Å². The summed E-state index contributed by atoms with van der Waals surface area (Å²) >= 11 is 0. The van der Waals surface area contributed by atoms with Crippen LogP contribution in [0.1, 0.15) is 22.5 Å². The molecule has 2 saturated heterocycles. The van der Waals surface area contributed by atoms with Crippen LogP contribution in [-0.4, -0.2) is 62.9 Å². The predicted octanol–water partition coefficient (Wildman–Crippen LogP) is -0.119. The van der Waals surface area contributed by atoms with Gasteiger partial charge in [-0.2, -0.15) is 0 Å². The third kappa shape index (κ3) is 2.13. The molecule has 8 heteroatoms. The Morgan fingerprint density at radius 2 is 2.12 bits per heavy atom. The van der Waals surface area contributed by atoms with Crippen molar-refractivity contribution >= 4 is 17.5 Å². The maximum atomic E-state index is 12.8. The van der Waals surface area contributed by atoms with Crippen molar-refractivity contribution in [3.8, 4) is 0 Å². The minimum atomic E-state index is -0.406. The van der Waals surface area contributed by atoms with Crippen LogP contribution in [-0.2, 0) is 4.79 Å². The van der Waals surface area contributed by atoms with Crippen LogP contribution in [0.25, 0.3) is 5.65 Å². The molecule has 0 aromatic carbocycles. The highest BCUT2D eigenvalue weighted by molar-refractivity contribution is 5.94. The van der Waals surface area contributed by atoms with E-state index < -0.39 is 5.56 Å². The largest absolute Gasteiger partial charge is 0.345 e. The van der Waals surface area contributed by atoms with Gasteiger partial charge in [0.15, 0.2) is 5.65 Å². The Morgan fingerprint density at radius 1 is 1.33 bits per heavy atom. The lowest BCUT2D eigenvalue weighted by Crippen LogP contribution is -2.42. The van der Waals surface area contributed by atoms with E-state index >= 15 is 0 Å². The van der Waals surface area contributed by atoms with Crippen LogP contribution in [0.3, 0.4) is 0 Å². The maximum absolute atomic E-state index is 12.8. The van der Waals surface area contributed by atoms with Gasteiger partial charge in [-0.3, -0.25) is 19.5 Å². The minimum absolute atomic E-state index is 0.0359. The van der Waals surface area contributed by atoms with Gasteiger partial charge in [0.25, 0.3) is 11.5 Å². The van der Waals surface area contributed by atoms with Gasteiger partial charge in [0.1, 0.15) is 5.56 Å². The molecule has 2 aliphatic heterocycles. The zero-order chi connectivity index (χ0) is 17.0. The molecular formula is C16H19N5O3. The van der Waals surface area contributed by atoms with E-state index in [0.29, 0.717) is 18.7 Å². The third-order valence-electron chi connectivity index (χ3n) is 5.11.